The Morgan fingerprint density at radius 2 is 1.85 bits per heavy atom. The van der Waals surface area contributed by atoms with E-state index in [0.29, 0.717) is 12.5 Å². The summed E-state index contributed by atoms with van der Waals surface area (Å²) in [5.41, 5.74) is 1.95. The lowest BCUT2D eigenvalue weighted by atomic mass is 10.0. The van der Waals surface area contributed by atoms with Crippen molar-refractivity contribution in [1.29, 1.82) is 0 Å². The van der Waals surface area contributed by atoms with Crippen molar-refractivity contribution in [3.8, 4) is 0 Å². The molecule has 0 spiro atoms. The van der Waals surface area contributed by atoms with Crippen molar-refractivity contribution in [3.63, 3.8) is 0 Å². The van der Waals surface area contributed by atoms with Gasteiger partial charge in [0.1, 0.15) is 0 Å². The van der Waals surface area contributed by atoms with Crippen LogP contribution in [0.3, 0.4) is 0 Å². The van der Waals surface area contributed by atoms with Crippen molar-refractivity contribution in [3.05, 3.63) is 29.8 Å². The van der Waals surface area contributed by atoms with Crippen LogP contribution in [-0.4, -0.2) is 36.4 Å². The Balaban J connectivity index is 1.84. The van der Waals surface area contributed by atoms with Gasteiger partial charge in [-0.2, -0.15) is 0 Å². The minimum absolute atomic E-state index is 0.212. The number of anilines is 1. The molecule has 1 saturated heterocycles. The van der Waals surface area contributed by atoms with Gasteiger partial charge in [0.25, 0.3) is 0 Å². The van der Waals surface area contributed by atoms with Gasteiger partial charge in [0.15, 0.2) is 5.78 Å². The molecule has 1 aromatic rings. The molecular weight excluding hydrogens is 248 g/mol. The summed E-state index contributed by atoms with van der Waals surface area (Å²) in [4.78, 5) is 14.1. The van der Waals surface area contributed by atoms with Gasteiger partial charge in [0, 0.05) is 36.8 Å². The molecule has 1 aliphatic heterocycles. The van der Waals surface area contributed by atoms with Crippen molar-refractivity contribution in [2.24, 2.45) is 0 Å². The molecule has 3 heteroatoms. The van der Waals surface area contributed by atoms with Gasteiger partial charge >= 0.3 is 0 Å². The second-order valence-electron chi connectivity index (χ2n) is 5.61. The number of piperidine rings is 1. The zero-order valence-electron chi connectivity index (χ0n) is 12.7. The summed E-state index contributed by atoms with van der Waals surface area (Å²) in [7, 11) is 0. The average molecular weight is 274 g/mol. The predicted octanol–water partition coefficient (Wildman–Crippen LogP) is 3.57. The molecule has 0 atom stereocenters. The maximum atomic E-state index is 11.6. The number of rotatable bonds is 6. The molecule has 20 heavy (non-hydrogen) atoms. The number of Topliss-reactive ketones (excluding diaryl/α,β-unsaturated/α-hetero) is 1. The summed E-state index contributed by atoms with van der Waals surface area (Å²) in [5, 5.41) is 3.59. The summed E-state index contributed by atoms with van der Waals surface area (Å²) in [6.07, 6.45) is 4.22. The van der Waals surface area contributed by atoms with Gasteiger partial charge in [0.2, 0.25) is 0 Å². The molecule has 0 aromatic heterocycles. The lowest BCUT2D eigenvalue weighted by molar-refractivity contribution is 0.0988. The summed E-state index contributed by atoms with van der Waals surface area (Å²) < 4.78 is 0. The van der Waals surface area contributed by atoms with E-state index >= 15 is 0 Å². The first-order valence-corrected chi connectivity index (χ1v) is 7.85. The highest BCUT2D eigenvalue weighted by Gasteiger charge is 2.18. The third kappa shape index (κ3) is 4.07. The Labute approximate surface area is 122 Å². The fourth-order valence-electron chi connectivity index (χ4n) is 2.81. The predicted molar refractivity (Wildman–Crippen MR) is 84.4 cm³/mol. The van der Waals surface area contributed by atoms with Crippen LogP contribution in [0.25, 0.3) is 0 Å². The highest BCUT2D eigenvalue weighted by Crippen LogP contribution is 2.18. The Kier molecular flexibility index (Phi) is 5.60. The van der Waals surface area contributed by atoms with E-state index in [-0.39, 0.29) is 5.78 Å². The van der Waals surface area contributed by atoms with Gasteiger partial charge in [0.05, 0.1) is 0 Å². The van der Waals surface area contributed by atoms with E-state index in [0.717, 1.165) is 11.3 Å². The van der Waals surface area contributed by atoms with Crippen molar-refractivity contribution < 1.29 is 4.79 Å². The van der Waals surface area contributed by atoms with Crippen molar-refractivity contribution in [1.82, 2.24) is 4.90 Å². The van der Waals surface area contributed by atoms with E-state index in [2.05, 4.69) is 17.1 Å². The average Bonchev–Trinajstić information content (AvgIpc) is 2.49. The number of nitrogens with one attached hydrogen (secondary N) is 1. The third-order valence-electron chi connectivity index (χ3n) is 4.03. The summed E-state index contributed by atoms with van der Waals surface area (Å²) in [6.45, 7) is 7.75. The van der Waals surface area contributed by atoms with Crippen LogP contribution in [-0.2, 0) is 0 Å². The number of carbonyl (C=O) groups is 1. The zero-order valence-corrected chi connectivity index (χ0v) is 12.7. The highest BCUT2D eigenvalue weighted by molar-refractivity contribution is 5.96. The summed E-state index contributed by atoms with van der Waals surface area (Å²) >= 11 is 0. The van der Waals surface area contributed by atoms with Gasteiger partial charge in [-0.05, 0) is 50.1 Å². The van der Waals surface area contributed by atoms with Crippen LogP contribution in [0.4, 0.5) is 5.69 Å². The molecular formula is C17H26N2O. The molecule has 1 fully saturated rings. The molecule has 1 N–H and O–H groups in total. The number of hydrogen-bond donors (Lipinski definition) is 1. The highest BCUT2D eigenvalue weighted by atomic mass is 16.1. The first-order valence-electron chi connectivity index (χ1n) is 7.85. The van der Waals surface area contributed by atoms with Crippen molar-refractivity contribution in [2.75, 3.05) is 25.0 Å². The van der Waals surface area contributed by atoms with Crippen molar-refractivity contribution >= 4 is 11.5 Å². The normalized spacial score (nSPS) is 17.1. The van der Waals surface area contributed by atoms with Crippen molar-refractivity contribution in [2.45, 2.75) is 45.6 Å². The van der Waals surface area contributed by atoms with Crippen LogP contribution in [0.2, 0.25) is 0 Å². The van der Waals surface area contributed by atoms with E-state index in [1.54, 1.807) is 0 Å². The minimum Gasteiger partial charge on any atom is -0.382 e. The number of nitrogens with zero attached hydrogens (tertiary/aromatic N) is 1. The van der Waals surface area contributed by atoms with Crippen LogP contribution in [0.1, 0.15) is 49.9 Å². The van der Waals surface area contributed by atoms with E-state index < -0.39 is 0 Å². The van der Waals surface area contributed by atoms with Crippen LogP contribution < -0.4 is 5.32 Å². The monoisotopic (exact) mass is 274 g/mol. The van der Waals surface area contributed by atoms with E-state index in [9.17, 15) is 4.79 Å². The number of ketones is 1. The molecule has 3 nitrogen and oxygen atoms in total. The van der Waals surface area contributed by atoms with Gasteiger partial charge in [-0.25, -0.2) is 0 Å². The first kappa shape index (κ1) is 15.0. The number of benzene rings is 1. The van der Waals surface area contributed by atoms with Gasteiger partial charge < -0.3 is 10.2 Å². The van der Waals surface area contributed by atoms with Gasteiger partial charge in [-0.3, -0.25) is 4.79 Å². The van der Waals surface area contributed by atoms with Crippen LogP contribution in [0.15, 0.2) is 24.3 Å². The molecule has 1 heterocycles. The Bertz CT molecular complexity index is 419. The molecule has 0 saturated carbocycles. The molecule has 110 valence electrons. The maximum absolute atomic E-state index is 11.6. The number of hydrogen-bond acceptors (Lipinski definition) is 3. The molecule has 0 amide bonds. The summed E-state index contributed by atoms with van der Waals surface area (Å²) in [6, 6.07) is 8.49. The van der Waals surface area contributed by atoms with Crippen LogP contribution in [0, 0.1) is 0 Å². The molecule has 0 bridgehead atoms. The molecule has 0 unspecified atom stereocenters. The maximum Gasteiger partial charge on any atom is 0.162 e. The first-order chi connectivity index (χ1) is 9.72. The lowest BCUT2D eigenvalue weighted by Crippen LogP contribution is -2.39. The van der Waals surface area contributed by atoms with Gasteiger partial charge in [-0.15, -0.1) is 0 Å². The second kappa shape index (κ2) is 7.44. The largest absolute Gasteiger partial charge is 0.382 e. The SMILES string of the molecule is CCCN1CCC(Nc2ccc(C(=O)CC)cc2)CC1. The van der Waals surface area contributed by atoms with E-state index in [1.807, 2.05) is 31.2 Å². The third-order valence-corrected chi connectivity index (χ3v) is 4.03. The second-order valence-corrected chi connectivity index (χ2v) is 5.61. The fourth-order valence-corrected chi connectivity index (χ4v) is 2.81. The molecule has 1 aliphatic rings. The molecule has 0 radical (unpaired) electrons. The smallest absolute Gasteiger partial charge is 0.162 e. The molecule has 1 aromatic carbocycles. The molecule has 0 aliphatic carbocycles. The minimum atomic E-state index is 0.212. The Morgan fingerprint density at radius 1 is 1.20 bits per heavy atom. The van der Waals surface area contributed by atoms with Crippen LogP contribution >= 0.6 is 0 Å². The van der Waals surface area contributed by atoms with E-state index in [1.165, 1.54) is 38.9 Å². The standard InChI is InChI=1S/C17H26N2O/c1-3-11-19-12-9-16(10-13-19)18-15-7-5-14(6-8-15)17(20)4-2/h5-8,16,18H,3-4,9-13H2,1-2H3. The Hall–Kier alpha value is -1.35. The number of carbonyl (C=O) groups excluding carboxylic acids is 1. The van der Waals surface area contributed by atoms with E-state index in [4.69, 9.17) is 0 Å². The topological polar surface area (TPSA) is 32.3 Å². The fraction of sp³-hybridized carbons (Fsp3) is 0.588. The van der Waals surface area contributed by atoms with Gasteiger partial charge in [-0.1, -0.05) is 13.8 Å². The summed E-state index contributed by atoms with van der Waals surface area (Å²) in [5.74, 6) is 0.212. The van der Waals surface area contributed by atoms with Crippen LogP contribution in [0.5, 0.6) is 0 Å². The molecule has 2 rings (SSSR count). The quantitative estimate of drug-likeness (QED) is 0.805. The number of likely N-dealkylation sites (tertiary alicyclic amines) is 1. The Morgan fingerprint density at radius 3 is 2.40 bits per heavy atom. The lowest BCUT2D eigenvalue weighted by Gasteiger charge is -2.32. The zero-order chi connectivity index (χ0) is 14.4.